The SMILES string of the molecule is COC(=O)c1cc2cccc(OC)c2cc1C(=O)OC. The number of rotatable bonds is 3. The Labute approximate surface area is 116 Å². The second-order valence-electron chi connectivity index (χ2n) is 4.06. The van der Waals surface area contributed by atoms with Crippen LogP contribution in [0, 0.1) is 0 Å². The summed E-state index contributed by atoms with van der Waals surface area (Å²) in [5, 5.41) is 1.50. The van der Waals surface area contributed by atoms with E-state index in [1.807, 2.05) is 6.07 Å². The van der Waals surface area contributed by atoms with Crippen LogP contribution in [0.1, 0.15) is 20.7 Å². The summed E-state index contributed by atoms with van der Waals surface area (Å²) in [6.45, 7) is 0. The Morgan fingerprint density at radius 3 is 2.05 bits per heavy atom. The number of carbonyl (C=O) groups is 2. The van der Waals surface area contributed by atoms with E-state index in [0.717, 1.165) is 10.8 Å². The monoisotopic (exact) mass is 274 g/mol. The lowest BCUT2D eigenvalue weighted by Gasteiger charge is -2.10. The molecular formula is C15H14O5. The lowest BCUT2D eigenvalue weighted by molar-refractivity contribution is 0.0555. The summed E-state index contributed by atoms with van der Waals surface area (Å²) < 4.78 is 14.7. The fraction of sp³-hybridized carbons (Fsp3) is 0.200. The van der Waals surface area contributed by atoms with Gasteiger partial charge in [0.15, 0.2) is 0 Å². The van der Waals surface area contributed by atoms with Gasteiger partial charge >= 0.3 is 11.9 Å². The third-order valence-electron chi connectivity index (χ3n) is 3.01. The lowest BCUT2D eigenvalue weighted by Crippen LogP contribution is -2.11. The third-order valence-corrected chi connectivity index (χ3v) is 3.01. The molecule has 0 spiro atoms. The van der Waals surface area contributed by atoms with Gasteiger partial charge in [0.05, 0.1) is 32.5 Å². The Kier molecular flexibility index (Phi) is 3.89. The molecule has 5 heteroatoms. The average molecular weight is 274 g/mol. The van der Waals surface area contributed by atoms with Crippen LogP contribution in [0.25, 0.3) is 10.8 Å². The molecule has 0 aliphatic carbocycles. The summed E-state index contributed by atoms with van der Waals surface area (Å²) in [6, 6.07) is 8.58. The summed E-state index contributed by atoms with van der Waals surface area (Å²) in [7, 11) is 4.07. The average Bonchev–Trinajstić information content (AvgIpc) is 2.51. The van der Waals surface area contributed by atoms with Crippen molar-refractivity contribution in [3.05, 3.63) is 41.5 Å². The van der Waals surface area contributed by atoms with Gasteiger partial charge < -0.3 is 14.2 Å². The quantitative estimate of drug-likeness (QED) is 0.804. The number of carbonyl (C=O) groups excluding carboxylic acids is 2. The van der Waals surface area contributed by atoms with Gasteiger partial charge in [0.2, 0.25) is 0 Å². The molecule has 0 saturated carbocycles. The largest absolute Gasteiger partial charge is 0.496 e. The molecule has 0 N–H and O–H groups in total. The van der Waals surface area contributed by atoms with Crippen LogP contribution in [0.3, 0.4) is 0 Å². The van der Waals surface area contributed by atoms with E-state index in [0.29, 0.717) is 5.75 Å². The van der Waals surface area contributed by atoms with Gasteiger partial charge in [-0.1, -0.05) is 12.1 Å². The van der Waals surface area contributed by atoms with Crippen molar-refractivity contribution in [1.29, 1.82) is 0 Å². The van der Waals surface area contributed by atoms with Gasteiger partial charge in [-0.25, -0.2) is 9.59 Å². The topological polar surface area (TPSA) is 61.8 Å². The maximum absolute atomic E-state index is 11.8. The first-order valence-corrected chi connectivity index (χ1v) is 5.89. The van der Waals surface area contributed by atoms with Gasteiger partial charge in [0.25, 0.3) is 0 Å². The van der Waals surface area contributed by atoms with Crippen LogP contribution in [-0.4, -0.2) is 33.3 Å². The summed E-state index contributed by atoms with van der Waals surface area (Å²) in [5.41, 5.74) is 0.316. The van der Waals surface area contributed by atoms with Gasteiger partial charge in [-0.05, 0) is 23.6 Å². The van der Waals surface area contributed by atoms with Crippen molar-refractivity contribution in [1.82, 2.24) is 0 Å². The fourth-order valence-corrected chi connectivity index (χ4v) is 2.03. The van der Waals surface area contributed by atoms with Crippen molar-refractivity contribution in [3.8, 4) is 5.75 Å². The molecule has 20 heavy (non-hydrogen) atoms. The lowest BCUT2D eigenvalue weighted by atomic mass is 10.00. The Morgan fingerprint density at radius 2 is 1.50 bits per heavy atom. The third kappa shape index (κ3) is 2.30. The van der Waals surface area contributed by atoms with E-state index in [2.05, 4.69) is 0 Å². The van der Waals surface area contributed by atoms with Crippen LogP contribution in [0.2, 0.25) is 0 Å². The fourth-order valence-electron chi connectivity index (χ4n) is 2.03. The van der Waals surface area contributed by atoms with Gasteiger partial charge in [0.1, 0.15) is 5.75 Å². The number of benzene rings is 2. The highest BCUT2D eigenvalue weighted by molar-refractivity contribution is 6.08. The second kappa shape index (κ2) is 5.61. The minimum Gasteiger partial charge on any atom is -0.496 e. The zero-order valence-electron chi connectivity index (χ0n) is 11.4. The molecule has 0 saturated heterocycles. The van der Waals surface area contributed by atoms with Crippen LogP contribution in [0.4, 0.5) is 0 Å². The number of hydrogen-bond acceptors (Lipinski definition) is 5. The van der Waals surface area contributed by atoms with Gasteiger partial charge in [-0.3, -0.25) is 0 Å². The first-order valence-electron chi connectivity index (χ1n) is 5.89. The Bertz CT molecular complexity index is 675. The first-order chi connectivity index (χ1) is 9.62. The number of ether oxygens (including phenoxy) is 3. The molecule has 0 aliphatic heterocycles. The van der Waals surface area contributed by atoms with Crippen LogP contribution >= 0.6 is 0 Å². The molecule has 2 rings (SSSR count). The number of methoxy groups -OCH3 is 3. The molecule has 0 aliphatic rings. The smallest absolute Gasteiger partial charge is 0.338 e. The number of fused-ring (bicyclic) bond motifs is 1. The standard InChI is InChI=1S/C15H14O5/c1-18-13-6-4-5-9-7-11(14(16)19-2)12(8-10(9)13)15(17)20-3/h4-8H,1-3H3. The Morgan fingerprint density at radius 1 is 0.900 bits per heavy atom. The Hall–Kier alpha value is -2.56. The normalized spacial score (nSPS) is 10.2. The van der Waals surface area contributed by atoms with E-state index < -0.39 is 11.9 Å². The van der Waals surface area contributed by atoms with E-state index in [-0.39, 0.29) is 11.1 Å². The predicted molar refractivity (Wildman–Crippen MR) is 73.2 cm³/mol. The van der Waals surface area contributed by atoms with Gasteiger partial charge in [-0.15, -0.1) is 0 Å². The highest BCUT2D eigenvalue weighted by Crippen LogP contribution is 2.29. The van der Waals surface area contributed by atoms with Crippen molar-refractivity contribution < 1.29 is 23.8 Å². The molecule has 0 atom stereocenters. The molecule has 0 aromatic heterocycles. The summed E-state index contributed by atoms with van der Waals surface area (Å²) in [6.07, 6.45) is 0. The van der Waals surface area contributed by atoms with E-state index in [1.165, 1.54) is 14.2 Å². The van der Waals surface area contributed by atoms with E-state index in [9.17, 15) is 9.59 Å². The van der Waals surface area contributed by atoms with E-state index in [1.54, 1.807) is 31.4 Å². The zero-order chi connectivity index (χ0) is 14.7. The zero-order valence-corrected chi connectivity index (χ0v) is 11.4. The minimum absolute atomic E-state index is 0.149. The van der Waals surface area contributed by atoms with Gasteiger partial charge in [0, 0.05) is 5.39 Å². The Balaban J connectivity index is 2.78. The summed E-state index contributed by atoms with van der Waals surface area (Å²) in [5.74, 6) is -0.572. The first kappa shape index (κ1) is 13.9. The molecule has 2 aromatic rings. The van der Waals surface area contributed by atoms with Crippen LogP contribution in [0.15, 0.2) is 30.3 Å². The van der Waals surface area contributed by atoms with Crippen molar-refractivity contribution in [2.45, 2.75) is 0 Å². The molecular weight excluding hydrogens is 260 g/mol. The predicted octanol–water partition coefficient (Wildman–Crippen LogP) is 2.42. The molecule has 2 aromatic carbocycles. The van der Waals surface area contributed by atoms with Crippen LogP contribution < -0.4 is 4.74 Å². The molecule has 0 amide bonds. The molecule has 5 nitrogen and oxygen atoms in total. The van der Waals surface area contributed by atoms with Crippen molar-refractivity contribution in [2.75, 3.05) is 21.3 Å². The van der Waals surface area contributed by atoms with Crippen molar-refractivity contribution in [3.63, 3.8) is 0 Å². The maximum atomic E-state index is 11.8. The molecule has 0 heterocycles. The van der Waals surface area contributed by atoms with Crippen LogP contribution in [-0.2, 0) is 9.47 Å². The molecule has 104 valence electrons. The molecule has 0 bridgehead atoms. The second-order valence-corrected chi connectivity index (χ2v) is 4.06. The minimum atomic E-state index is -0.599. The summed E-state index contributed by atoms with van der Waals surface area (Å²) in [4.78, 5) is 23.6. The number of esters is 2. The summed E-state index contributed by atoms with van der Waals surface area (Å²) >= 11 is 0. The van der Waals surface area contributed by atoms with Gasteiger partial charge in [-0.2, -0.15) is 0 Å². The number of hydrogen-bond donors (Lipinski definition) is 0. The van der Waals surface area contributed by atoms with E-state index in [4.69, 9.17) is 14.2 Å². The van der Waals surface area contributed by atoms with Crippen molar-refractivity contribution >= 4 is 22.7 Å². The van der Waals surface area contributed by atoms with E-state index >= 15 is 0 Å². The van der Waals surface area contributed by atoms with Crippen molar-refractivity contribution in [2.24, 2.45) is 0 Å². The maximum Gasteiger partial charge on any atom is 0.338 e. The highest BCUT2D eigenvalue weighted by atomic mass is 16.5. The van der Waals surface area contributed by atoms with Crippen LogP contribution in [0.5, 0.6) is 5.75 Å². The molecule has 0 unspecified atom stereocenters. The highest BCUT2D eigenvalue weighted by Gasteiger charge is 2.20. The molecule has 0 radical (unpaired) electrons. The molecule has 0 fully saturated rings.